The van der Waals surface area contributed by atoms with Gasteiger partial charge in [0.05, 0.1) is 29.9 Å². The van der Waals surface area contributed by atoms with Crippen molar-refractivity contribution >= 4 is 35.4 Å². The van der Waals surface area contributed by atoms with Crippen LogP contribution in [0.2, 0.25) is 0 Å². The third-order valence-electron chi connectivity index (χ3n) is 11.6. The highest BCUT2D eigenvalue weighted by atomic mass is 16.7. The van der Waals surface area contributed by atoms with Crippen LogP contribution in [-0.4, -0.2) is 71.4 Å². The molecule has 2 aliphatic heterocycles. The number of pyridine rings is 1. The second-order valence-electron chi connectivity index (χ2n) is 15.7. The lowest BCUT2D eigenvalue weighted by Crippen LogP contribution is -2.65. The Morgan fingerprint density at radius 3 is 2.54 bits per heavy atom. The molecule has 5 aliphatic rings. The Kier molecular flexibility index (Phi) is 8.39. The van der Waals surface area contributed by atoms with Crippen LogP contribution < -0.4 is 5.32 Å². The number of fused-ring (bicyclic) bond motifs is 1. The molecule has 0 spiro atoms. The number of carbonyl (C=O) groups excluding carboxylic acids is 2. The second kappa shape index (κ2) is 12.3. The number of hydrogen-bond acceptors (Lipinski definition) is 7. The maximum Gasteiger partial charge on any atom is 0.481 e. The molecular weight excluding hydrogens is 603 g/mol. The zero-order valence-corrected chi connectivity index (χ0v) is 28.9. The van der Waals surface area contributed by atoms with Crippen LogP contribution in [0.5, 0.6) is 0 Å². The van der Waals surface area contributed by atoms with E-state index < -0.39 is 12.7 Å². The van der Waals surface area contributed by atoms with Crippen LogP contribution in [0.3, 0.4) is 0 Å². The molecule has 0 radical (unpaired) electrons. The van der Waals surface area contributed by atoms with E-state index in [0.29, 0.717) is 42.0 Å². The van der Waals surface area contributed by atoms with E-state index in [0.717, 1.165) is 22.8 Å². The standard InChI is InChI=1S/C38H47BN4O5/c1-24(2)18-32(39-46-31-20-27-19-30(36(27,3)4)37(31,5)47-39)41-35(45)38(21-25-12-8-7-9-13-25)22-28(42-48-38)23-43(6)34(44)33-29-15-11-10-14-26(29)16-17-40-33/h7-17,24,27,30-32H,18-23H2,1-6H3,(H,41,45)/t27-,30-,31+,32-,37-,38?/m0/s1. The van der Waals surface area contributed by atoms with E-state index >= 15 is 0 Å². The summed E-state index contributed by atoms with van der Waals surface area (Å²) >= 11 is 0. The van der Waals surface area contributed by atoms with Gasteiger partial charge in [-0.3, -0.25) is 14.6 Å². The summed E-state index contributed by atoms with van der Waals surface area (Å²) in [6.07, 6.45) is 5.09. The molecule has 2 bridgehead atoms. The van der Waals surface area contributed by atoms with Crippen LogP contribution in [0.25, 0.3) is 10.8 Å². The fraction of sp³-hybridized carbons (Fsp3) is 0.526. The molecule has 3 heterocycles. The smallest absolute Gasteiger partial charge is 0.404 e. The monoisotopic (exact) mass is 650 g/mol. The Hall–Kier alpha value is -3.76. The van der Waals surface area contributed by atoms with E-state index in [1.807, 2.05) is 60.7 Å². The van der Waals surface area contributed by atoms with Crippen LogP contribution in [0.1, 0.15) is 76.4 Å². The number of hydrogen-bond donors (Lipinski definition) is 1. The summed E-state index contributed by atoms with van der Waals surface area (Å²) in [6, 6.07) is 19.4. The Morgan fingerprint density at radius 1 is 1.04 bits per heavy atom. The van der Waals surface area contributed by atoms with Crippen LogP contribution >= 0.6 is 0 Å². The van der Waals surface area contributed by atoms with Crippen molar-refractivity contribution in [2.75, 3.05) is 13.6 Å². The van der Waals surface area contributed by atoms with E-state index in [9.17, 15) is 9.59 Å². The summed E-state index contributed by atoms with van der Waals surface area (Å²) in [5, 5.41) is 9.51. The van der Waals surface area contributed by atoms with Crippen molar-refractivity contribution in [3.63, 3.8) is 0 Å². The number of nitrogens with one attached hydrogen (secondary N) is 1. The van der Waals surface area contributed by atoms with E-state index in [4.69, 9.17) is 14.1 Å². The average Bonchev–Trinajstić information content (AvgIpc) is 3.64. The molecule has 10 heteroatoms. The van der Waals surface area contributed by atoms with Gasteiger partial charge in [0.1, 0.15) is 5.69 Å². The molecule has 3 aliphatic carbocycles. The highest BCUT2D eigenvalue weighted by molar-refractivity contribution is 6.48. The maximum absolute atomic E-state index is 14.5. The predicted octanol–water partition coefficient (Wildman–Crippen LogP) is 5.86. The molecule has 6 atom stereocenters. The second-order valence-corrected chi connectivity index (χ2v) is 15.7. The fourth-order valence-electron chi connectivity index (χ4n) is 8.79. The SMILES string of the molecule is CC(C)C[C@H](NC(=O)C1(Cc2ccccc2)CC(CN(C)C(=O)c2nccc3ccccc23)=NO1)B1O[C@@H]2C[C@@H]3C[C@@H](C3(C)C)[C@]2(C)O1. The van der Waals surface area contributed by atoms with Crippen LogP contribution in [0.15, 0.2) is 72.0 Å². The van der Waals surface area contributed by atoms with Crippen molar-refractivity contribution in [1.82, 2.24) is 15.2 Å². The minimum Gasteiger partial charge on any atom is -0.404 e. The molecule has 9 nitrogen and oxygen atoms in total. The number of rotatable bonds is 10. The number of carbonyl (C=O) groups is 2. The minimum absolute atomic E-state index is 0.0195. The molecule has 1 N–H and O–H groups in total. The quantitative estimate of drug-likeness (QED) is 0.276. The van der Waals surface area contributed by atoms with Crippen molar-refractivity contribution in [3.05, 3.63) is 78.1 Å². The first-order valence-electron chi connectivity index (χ1n) is 17.4. The van der Waals surface area contributed by atoms with Crippen LogP contribution in [0.4, 0.5) is 0 Å². The number of nitrogens with zero attached hydrogens (tertiary/aromatic N) is 3. The summed E-state index contributed by atoms with van der Waals surface area (Å²) in [5.41, 5.74) is 0.525. The third kappa shape index (κ3) is 5.70. The van der Waals surface area contributed by atoms with Crippen molar-refractivity contribution in [2.24, 2.45) is 28.3 Å². The molecule has 48 heavy (non-hydrogen) atoms. The maximum atomic E-state index is 14.5. The first kappa shape index (κ1) is 32.8. The zero-order valence-electron chi connectivity index (χ0n) is 28.9. The van der Waals surface area contributed by atoms with Gasteiger partial charge in [-0.25, -0.2) is 0 Å². The van der Waals surface area contributed by atoms with Gasteiger partial charge in [0.25, 0.3) is 11.8 Å². The summed E-state index contributed by atoms with van der Waals surface area (Å²) in [4.78, 5) is 40.2. The molecule has 4 fully saturated rings. The fourth-order valence-corrected chi connectivity index (χ4v) is 8.79. The average molecular weight is 651 g/mol. The zero-order chi connectivity index (χ0) is 33.8. The molecule has 1 aromatic heterocycles. The van der Waals surface area contributed by atoms with Crippen LogP contribution in [-0.2, 0) is 25.4 Å². The first-order valence-corrected chi connectivity index (χ1v) is 17.4. The van der Waals surface area contributed by atoms with Gasteiger partial charge in [0.15, 0.2) is 0 Å². The van der Waals surface area contributed by atoms with E-state index in [-0.39, 0.29) is 47.8 Å². The first-order chi connectivity index (χ1) is 22.9. The van der Waals surface area contributed by atoms with Gasteiger partial charge in [0.2, 0.25) is 5.60 Å². The van der Waals surface area contributed by atoms with E-state index in [2.05, 4.69) is 50.1 Å². The summed E-state index contributed by atoms with van der Waals surface area (Å²) in [6.45, 7) is 11.4. The summed E-state index contributed by atoms with van der Waals surface area (Å²) in [5.74, 6) is 0.532. The molecule has 2 aromatic carbocycles. The molecule has 1 saturated heterocycles. The summed E-state index contributed by atoms with van der Waals surface area (Å²) in [7, 11) is 1.18. The Morgan fingerprint density at radius 2 is 1.79 bits per heavy atom. The third-order valence-corrected chi connectivity index (χ3v) is 11.6. The molecule has 1 unspecified atom stereocenters. The van der Waals surface area contributed by atoms with E-state index in [1.54, 1.807) is 18.1 Å². The van der Waals surface area contributed by atoms with E-state index in [1.165, 1.54) is 6.42 Å². The van der Waals surface area contributed by atoms with Crippen molar-refractivity contribution in [3.8, 4) is 0 Å². The lowest BCUT2D eigenvalue weighted by molar-refractivity contribution is -0.199. The van der Waals surface area contributed by atoms with Crippen molar-refractivity contribution < 1.29 is 23.7 Å². The molecule has 3 aromatic rings. The topological polar surface area (TPSA) is 102 Å². The number of oxime groups is 1. The largest absolute Gasteiger partial charge is 0.481 e. The lowest BCUT2D eigenvalue weighted by Gasteiger charge is -2.64. The van der Waals surface area contributed by atoms with Gasteiger partial charge in [-0.2, -0.15) is 0 Å². The molecular formula is C38H47BN4O5. The van der Waals surface area contributed by atoms with Gasteiger partial charge < -0.3 is 24.4 Å². The molecule has 2 amide bonds. The lowest BCUT2D eigenvalue weighted by atomic mass is 9.43. The van der Waals surface area contributed by atoms with Gasteiger partial charge in [0, 0.05) is 31.5 Å². The molecule has 3 saturated carbocycles. The summed E-state index contributed by atoms with van der Waals surface area (Å²) < 4.78 is 13.5. The van der Waals surface area contributed by atoms with Gasteiger partial charge in [-0.15, -0.1) is 0 Å². The van der Waals surface area contributed by atoms with Crippen LogP contribution in [0, 0.1) is 23.2 Å². The highest BCUT2D eigenvalue weighted by Gasteiger charge is 2.68. The highest BCUT2D eigenvalue weighted by Crippen LogP contribution is 2.65. The predicted molar refractivity (Wildman–Crippen MR) is 186 cm³/mol. The Balaban J connectivity index is 1.10. The van der Waals surface area contributed by atoms with Gasteiger partial charge in [-0.05, 0) is 66.4 Å². The number of benzene rings is 2. The Labute approximate surface area is 283 Å². The van der Waals surface area contributed by atoms with Gasteiger partial charge >= 0.3 is 7.12 Å². The van der Waals surface area contributed by atoms with Gasteiger partial charge in [-0.1, -0.05) is 87.4 Å². The molecule has 252 valence electrons. The van der Waals surface area contributed by atoms with Crippen molar-refractivity contribution in [1.29, 1.82) is 0 Å². The van der Waals surface area contributed by atoms with Crippen molar-refractivity contribution in [2.45, 2.75) is 90.0 Å². The number of amides is 2. The number of aromatic nitrogens is 1. The Bertz CT molecular complexity index is 1730. The normalized spacial score (nSPS) is 29.1. The minimum atomic E-state index is -1.29. The molecule has 8 rings (SSSR count).